The molecule has 0 amide bonds. The molecular weight excluding hydrogens is 273 g/mol. The standard InChI is InChI=1S/C16H20FNOS/c1-11-9-16(14(12(2)19)10-15(11)17)18(3)7-6-13-5-4-8-20-13/h4-5,8-10,12,19H,6-7H2,1-3H3. The molecule has 1 N–H and O–H groups in total. The maximum absolute atomic E-state index is 13.7. The maximum atomic E-state index is 13.7. The van der Waals surface area contributed by atoms with Gasteiger partial charge < -0.3 is 10.0 Å². The summed E-state index contributed by atoms with van der Waals surface area (Å²) in [5.74, 6) is -0.267. The number of aliphatic hydroxyl groups excluding tert-OH is 1. The van der Waals surface area contributed by atoms with Gasteiger partial charge in [0.25, 0.3) is 0 Å². The van der Waals surface area contributed by atoms with Gasteiger partial charge in [-0.05, 0) is 49.4 Å². The fourth-order valence-electron chi connectivity index (χ4n) is 2.20. The quantitative estimate of drug-likeness (QED) is 0.903. The Balaban J connectivity index is 2.19. The van der Waals surface area contributed by atoms with Gasteiger partial charge in [-0.3, -0.25) is 0 Å². The molecule has 1 aromatic carbocycles. The zero-order chi connectivity index (χ0) is 14.7. The van der Waals surface area contributed by atoms with Crippen LogP contribution in [-0.4, -0.2) is 18.7 Å². The van der Waals surface area contributed by atoms with E-state index in [-0.39, 0.29) is 5.82 Å². The number of aliphatic hydroxyl groups is 1. The third-order valence-corrected chi connectivity index (χ3v) is 4.38. The van der Waals surface area contributed by atoms with E-state index in [4.69, 9.17) is 0 Å². The number of benzene rings is 1. The molecule has 1 heterocycles. The second kappa shape index (κ2) is 6.37. The first-order valence-corrected chi connectivity index (χ1v) is 7.58. The number of thiophene rings is 1. The topological polar surface area (TPSA) is 23.5 Å². The first-order valence-electron chi connectivity index (χ1n) is 6.70. The van der Waals surface area contributed by atoms with Crippen molar-refractivity contribution in [2.45, 2.75) is 26.4 Å². The van der Waals surface area contributed by atoms with Crippen molar-refractivity contribution in [2.75, 3.05) is 18.5 Å². The molecule has 0 aliphatic rings. The molecule has 2 rings (SSSR count). The highest BCUT2D eigenvalue weighted by Crippen LogP contribution is 2.29. The number of hydrogen-bond acceptors (Lipinski definition) is 3. The Morgan fingerprint density at radius 3 is 2.75 bits per heavy atom. The summed E-state index contributed by atoms with van der Waals surface area (Å²) in [6.45, 7) is 4.25. The first kappa shape index (κ1) is 15.0. The Labute approximate surface area is 123 Å². The third-order valence-electron chi connectivity index (χ3n) is 3.44. The minimum atomic E-state index is -0.677. The van der Waals surface area contributed by atoms with E-state index in [0.717, 1.165) is 18.7 Å². The predicted octanol–water partition coefficient (Wildman–Crippen LogP) is 3.93. The van der Waals surface area contributed by atoms with Crippen molar-refractivity contribution in [2.24, 2.45) is 0 Å². The van der Waals surface area contributed by atoms with Crippen molar-refractivity contribution < 1.29 is 9.50 Å². The van der Waals surface area contributed by atoms with Gasteiger partial charge in [0, 0.05) is 29.7 Å². The molecule has 2 nitrogen and oxygen atoms in total. The molecule has 0 radical (unpaired) electrons. The monoisotopic (exact) mass is 293 g/mol. The van der Waals surface area contributed by atoms with Gasteiger partial charge >= 0.3 is 0 Å². The van der Waals surface area contributed by atoms with Crippen LogP contribution in [0.15, 0.2) is 29.6 Å². The van der Waals surface area contributed by atoms with Gasteiger partial charge in [-0.15, -0.1) is 11.3 Å². The lowest BCUT2D eigenvalue weighted by molar-refractivity contribution is 0.199. The van der Waals surface area contributed by atoms with E-state index < -0.39 is 6.10 Å². The van der Waals surface area contributed by atoms with Crippen molar-refractivity contribution in [1.82, 2.24) is 0 Å². The number of likely N-dealkylation sites (N-methyl/N-ethyl adjacent to an activating group) is 1. The summed E-state index contributed by atoms with van der Waals surface area (Å²) in [6, 6.07) is 7.41. The smallest absolute Gasteiger partial charge is 0.126 e. The lowest BCUT2D eigenvalue weighted by Gasteiger charge is -2.24. The summed E-state index contributed by atoms with van der Waals surface area (Å²) in [4.78, 5) is 3.41. The Morgan fingerprint density at radius 2 is 2.15 bits per heavy atom. The first-order chi connectivity index (χ1) is 9.49. The van der Waals surface area contributed by atoms with Crippen LogP contribution in [0.5, 0.6) is 0 Å². The largest absolute Gasteiger partial charge is 0.389 e. The van der Waals surface area contributed by atoms with E-state index in [1.165, 1.54) is 10.9 Å². The van der Waals surface area contributed by atoms with E-state index in [2.05, 4.69) is 16.3 Å². The molecule has 4 heteroatoms. The van der Waals surface area contributed by atoms with Crippen LogP contribution < -0.4 is 4.90 Å². The molecule has 0 bridgehead atoms. The Bertz CT molecular complexity index is 566. The van der Waals surface area contributed by atoms with Gasteiger partial charge in [0.2, 0.25) is 0 Å². The van der Waals surface area contributed by atoms with Gasteiger partial charge in [-0.2, -0.15) is 0 Å². The molecular formula is C16H20FNOS. The number of rotatable bonds is 5. The molecule has 1 atom stereocenters. The highest BCUT2D eigenvalue weighted by atomic mass is 32.1. The van der Waals surface area contributed by atoms with Gasteiger partial charge in [-0.25, -0.2) is 4.39 Å². The Morgan fingerprint density at radius 1 is 1.40 bits per heavy atom. The molecule has 2 aromatic rings. The van der Waals surface area contributed by atoms with Crippen LogP contribution in [-0.2, 0) is 6.42 Å². The SMILES string of the molecule is Cc1cc(N(C)CCc2cccs2)c(C(C)O)cc1F. The highest BCUT2D eigenvalue weighted by molar-refractivity contribution is 7.09. The minimum absolute atomic E-state index is 0.267. The molecule has 0 saturated heterocycles. The molecule has 0 aliphatic heterocycles. The van der Waals surface area contributed by atoms with Gasteiger partial charge in [0.15, 0.2) is 0 Å². The summed E-state index contributed by atoms with van der Waals surface area (Å²) in [7, 11) is 1.98. The maximum Gasteiger partial charge on any atom is 0.126 e. The van der Waals surface area contributed by atoms with E-state index in [9.17, 15) is 9.50 Å². The Kier molecular flexibility index (Phi) is 4.78. The van der Waals surface area contributed by atoms with Gasteiger partial charge in [0.1, 0.15) is 5.82 Å². The summed E-state index contributed by atoms with van der Waals surface area (Å²) < 4.78 is 13.7. The third kappa shape index (κ3) is 3.38. The molecule has 0 fully saturated rings. The van der Waals surface area contributed by atoms with E-state index >= 15 is 0 Å². The van der Waals surface area contributed by atoms with Crippen LogP contribution in [0, 0.1) is 12.7 Å². The number of anilines is 1. The van der Waals surface area contributed by atoms with Crippen LogP contribution in [0.4, 0.5) is 10.1 Å². The Hall–Kier alpha value is -1.39. The second-order valence-electron chi connectivity index (χ2n) is 5.09. The minimum Gasteiger partial charge on any atom is -0.389 e. The van der Waals surface area contributed by atoms with Crippen molar-refractivity contribution >= 4 is 17.0 Å². The summed E-state index contributed by atoms with van der Waals surface area (Å²) >= 11 is 1.74. The van der Waals surface area contributed by atoms with Crippen molar-refractivity contribution in [1.29, 1.82) is 0 Å². The summed E-state index contributed by atoms with van der Waals surface area (Å²) in [5.41, 5.74) is 2.14. The average molecular weight is 293 g/mol. The molecule has 0 saturated carbocycles. The number of hydrogen-bond donors (Lipinski definition) is 1. The van der Waals surface area contributed by atoms with Crippen molar-refractivity contribution in [3.05, 3.63) is 51.5 Å². The lowest BCUT2D eigenvalue weighted by Crippen LogP contribution is -2.22. The van der Waals surface area contributed by atoms with Crippen LogP contribution in [0.2, 0.25) is 0 Å². The van der Waals surface area contributed by atoms with E-state index in [0.29, 0.717) is 11.1 Å². The molecule has 1 unspecified atom stereocenters. The molecule has 108 valence electrons. The normalized spacial score (nSPS) is 12.4. The zero-order valence-corrected chi connectivity index (χ0v) is 12.9. The van der Waals surface area contributed by atoms with Gasteiger partial charge in [0.05, 0.1) is 6.10 Å². The number of aryl methyl sites for hydroxylation is 1. The van der Waals surface area contributed by atoms with Crippen LogP contribution in [0.1, 0.15) is 29.0 Å². The molecule has 1 aromatic heterocycles. The second-order valence-corrected chi connectivity index (χ2v) is 6.12. The zero-order valence-electron chi connectivity index (χ0n) is 12.1. The molecule has 0 aliphatic carbocycles. The fourth-order valence-corrected chi connectivity index (χ4v) is 2.90. The summed E-state index contributed by atoms with van der Waals surface area (Å²) in [5, 5.41) is 11.9. The van der Waals surface area contributed by atoms with Crippen LogP contribution >= 0.6 is 11.3 Å². The van der Waals surface area contributed by atoms with Gasteiger partial charge in [-0.1, -0.05) is 6.07 Å². The van der Waals surface area contributed by atoms with E-state index in [1.54, 1.807) is 25.2 Å². The number of nitrogens with zero attached hydrogens (tertiary/aromatic N) is 1. The molecule has 0 spiro atoms. The van der Waals surface area contributed by atoms with Crippen LogP contribution in [0.25, 0.3) is 0 Å². The predicted molar refractivity (Wildman–Crippen MR) is 83.1 cm³/mol. The molecule has 20 heavy (non-hydrogen) atoms. The van der Waals surface area contributed by atoms with Crippen molar-refractivity contribution in [3.63, 3.8) is 0 Å². The highest BCUT2D eigenvalue weighted by Gasteiger charge is 2.15. The number of halogens is 1. The van der Waals surface area contributed by atoms with Crippen LogP contribution in [0.3, 0.4) is 0 Å². The summed E-state index contributed by atoms with van der Waals surface area (Å²) in [6.07, 6.45) is 0.272. The van der Waals surface area contributed by atoms with Crippen molar-refractivity contribution in [3.8, 4) is 0 Å². The average Bonchev–Trinajstić information content (AvgIpc) is 2.91. The van der Waals surface area contributed by atoms with E-state index in [1.807, 2.05) is 19.2 Å². The fraction of sp³-hybridized carbons (Fsp3) is 0.375. The lowest BCUT2D eigenvalue weighted by atomic mass is 10.0.